The Labute approximate surface area is 55.0 Å². The Bertz CT molecular complexity index is 124. The number of rotatable bonds is 1. The maximum absolute atomic E-state index is 4.99. The summed E-state index contributed by atoms with van der Waals surface area (Å²) >= 11 is 2.99. The van der Waals surface area contributed by atoms with Crippen LogP contribution in [0.4, 0.5) is 0 Å². The Morgan fingerprint density at radius 2 is 2.57 bits per heavy atom. The second kappa shape index (κ2) is 2.58. The van der Waals surface area contributed by atoms with Gasteiger partial charge in [-0.3, -0.25) is 0 Å². The SMILES string of the molecule is [SeH][Se]c1ccco1. The summed E-state index contributed by atoms with van der Waals surface area (Å²) in [5, 5.41) is 0. The molecule has 0 aliphatic rings. The van der Waals surface area contributed by atoms with Crippen LogP contribution in [0.5, 0.6) is 0 Å². The molecule has 0 radical (unpaired) electrons. The van der Waals surface area contributed by atoms with E-state index in [-0.39, 0.29) is 0 Å². The summed E-state index contributed by atoms with van der Waals surface area (Å²) in [6.45, 7) is 0. The summed E-state index contributed by atoms with van der Waals surface area (Å²) in [6.07, 6.45) is 1.70. The van der Waals surface area contributed by atoms with Crippen LogP contribution in [0, 0.1) is 0 Å². The Balaban J connectivity index is 2.76. The zero-order valence-electron chi connectivity index (χ0n) is 3.50. The molecule has 1 aromatic rings. The first-order chi connectivity index (χ1) is 3.43. The van der Waals surface area contributed by atoms with Gasteiger partial charge in [0.25, 0.3) is 0 Å². The fourth-order valence-corrected chi connectivity index (χ4v) is 1.95. The van der Waals surface area contributed by atoms with E-state index in [9.17, 15) is 0 Å². The Morgan fingerprint density at radius 1 is 1.71 bits per heavy atom. The minimum absolute atomic E-state index is 0.469. The van der Waals surface area contributed by atoms with Gasteiger partial charge in [0.2, 0.25) is 0 Å². The Morgan fingerprint density at radius 3 is 2.86 bits per heavy atom. The van der Waals surface area contributed by atoms with Gasteiger partial charge < -0.3 is 0 Å². The van der Waals surface area contributed by atoms with Crippen LogP contribution >= 0.6 is 0 Å². The molecule has 0 atom stereocenters. The minimum atomic E-state index is 0.469. The third-order valence-corrected chi connectivity index (χ3v) is 3.41. The van der Waals surface area contributed by atoms with E-state index in [4.69, 9.17) is 4.42 Å². The van der Waals surface area contributed by atoms with Crippen molar-refractivity contribution in [2.75, 3.05) is 0 Å². The van der Waals surface area contributed by atoms with Crippen molar-refractivity contribution in [2.24, 2.45) is 0 Å². The van der Waals surface area contributed by atoms with E-state index in [0.29, 0.717) is 13.1 Å². The summed E-state index contributed by atoms with van der Waals surface area (Å²) in [7, 11) is 0. The fourth-order valence-electron chi connectivity index (χ4n) is 0.315. The first-order valence-electron chi connectivity index (χ1n) is 1.78. The molecule has 7 heavy (non-hydrogen) atoms. The quantitative estimate of drug-likeness (QED) is 0.584. The Hall–Kier alpha value is 0.319. The third-order valence-electron chi connectivity index (χ3n) is 0.585. The molecule has 0 saturated heterocycles. The number of furan rings is 1. The van der Waals surface area contributed by atoms with Crippen LogP contribution in [0.25, 0.3) is 0 Å². The average Bonchev–Trinajstić information content (AvgIpc) is 2.14. The van der Waals surface area contributed by atoms with Crippen LogP contribution < -0.4 is 4.66 Å². The molecule has 0 aliphatic carbocycles. The van der Waals surface area contributed by atoms with E-state index < -0.39 is 0 Å². The molecule has 0 saturated carbocycles. The predicted octanol–water partition coefficient (Wildman–Crippen LogP) is -0.575. The van der Waals surface area contributed by atoms with Crippen LogP contribution in [0.15, 0.2) is 22.8 Å². The van der Waals surface area contributed by atoms with Gasteiger partial charge in [-0.25, -0.2) is 0 Å². The van der Waals surface area contributed by atoms with Gasteiger partial charge in [0.15, 0.2) is 0 Å². The van der Waals surface area contributed by atoms with Crippen molar-refractivity contribution in [1.82, 2.24) is 0 Å². The maximum atomic E-state index is 4.99. The summed E-state index contributed by atoms with van der Waals surface area (Å²) in [5.74, 6) is 0. The zero-order chi connectivity index (χ0) is 5.11. The predicted molar refractivity (Wildman–Crippen MR) is 31.2 cm³/mol. The first-order valence-corrected chi connectivity index (χ1v) is 7.39. The van der Waals surface area contributed by atoms with Gasteiger partial charge in [-0.2, -0.15) is 0 Å². The first kappa shape index (κ1) is 5.46. The van der Waals surface area contributed by atoms with Crippen molar-refractivity contribution in [3.63, 3.8) is 0 Å². The Kier molecular flexibility index (Phi) is 2.01. The van der Waals surface area contributed by atoms with Crippen LogP contribution in [0.2, 0.25) is 0 Å². The van der Waals surface area contributed by atoms with Gasteiger partial charge >= 0.3 is 54.8 Å². The standard InChI is InChI=1S/C4H4OSe2/c6-7-4-2-1-3-5-4/h1-3,6H. The van der Waals surface area contributed by atoms with E-state index >= 15 is 0 Å². The van der Waals surface area contributed by atoms with Crippen LogP contribution in [0.3, 0.4) is 0 Å². The molecule has 0 amide bonds. The van der Waals surface area contributed by atoms with Gasteiger partial charge in [-0.05, 0) is 0 Å². The van der Waals surface area contributed by atoms with Crippen LogP contribution in [-0.2, 0) is 0 Å². The van der Waals surface area contributed by atoms with Gasteiger partial charge in [-0.15, -0.1) is 0 Å². The molecule has 3 heteroatoms. The second-order valence-electron chi connectivity index (χ2n) is 1.02. The fraction of sp³-hybridized carbons (Fsp3) is 0. The van der Waals surface area contributed by atoms with Crippen LogP contribution in [0.1, 0.15) is 0 Å². The summed E-state index contributed by atoms with van der Waals surface area (Å²) in [4.78, 5) is 0. The molecule has 0 fully saturated rings. The van der Waals surface area contributed by atoms with Crippen molar-refractivity contribution in [3.05, 3.63) is 18.4 Å². The summed E-state index contributed by atoms with van der Waals surface area (Å²) in [5.41, 5.74) is 0. The number of hydrogen-bond donors (Lipinski definition) is 0. The topological polar surface area (TPSA) is 13.1 Å². The van der Waals surface area contributed by atoms with Crippen molar-refractivity contribution in [2.45, 2.75) is 0 Å². The molecule has 1 nitrogen and oxygen atoms in total. The molecule has 1 rings (SSSR count). The molecular formula is C4H4OSe2. The van der Waals surface area contributed by atoms with Gasteiger partial charge in [0.05, 0.1) is 0 Å². The second-order valence-corrected chi connectivity index (χ2v) is 4.24. The normalized spacial score (nSPS) is 9.29. The molecular weight excluding hydrogens is 222 g/mol. The molecule has 0 spiro atoms. The molecule has 0 unspecified atom stereocenters. The van der Waals surface area contributed by atoms with E-state index in [1.807, 2.05) is 12.1 Å². The van der Waals surface area contributed by atoms with E-state index in [0.717, 1.165) is 4.66 Å². The monoisotopic (exact) mass is 228 g/mol. The molecule has 0 bridgehead atoms. The molecule has 0 N–H and O–H groups in total. The van der Waals surface area contributed by atoms with E-state index in [1.54, 1.807) is 6.26 Å². The van der Waals surface area contributed by atoms with Crippen molar-refractivity contribution >= 4 is 32.0 Å². The third kappa shape index (κ3) is 1.36. The summed E-state index contributed by atoms with van der Waals surface area (Å²) < 4.78 is 6.09. The molecule has 38 valence electrons. The van der Waals surface area contributed by atoms with Gasteiger partial charge in [0.1, 0.15) is 0 Å². The molecule has 1 heterocycles. The van der Waals surface area contributed by atoms with E-state index in [2.05, 4.69) is 14.2 Å². The molecule has 0 aromatic carbocycles. The van der Waals surface area contributed by atoms with Crippen LogP contribution in [-0.4, -0.2) is 27.3 Å². The van der Waals surface area contributed by atoms with Crippen molar-refractivity contribution in [1.29, 1.82) is 0 Å². The van der Waals surface area contributed by atoms with Crippen molar-refractivity contribution < 1.29 is 4.42 Å². The van der Waals surface area contributed by atoms with Crippen molar-refractivity contribution in [3.8, 4) is 0 Å². The molecule has 0 aliphatic heterocycles. The average molecular weight is 226 g/mol. The van der Waals surface area contributed by atoms with E-state index in [1.165, 1.54) is 0 Å². The molecule has 1 aromatic heterocycles. The van der Waals surface area contributed by atoms with Gasteiger partial charge in [-0.1, -0.05) is 0 Å². The summed E-state index contributed by atoms with van der Waals surface area (Å²) in [6, 6.07) is 3.89. The van der Waals surface area contributed by atoms with Gasteiger partial charge in [0, 0.05) is 0 Å². The zero-order valence-corrected chi connectivity index (χ0v) is 7.09. The number of hydrogen-bond acceptors (Lipinski definition) is 1.